The second-order valence-electron chi connectivity index (χ2n) is 9.15. The quantitative estimate of drug-likeness (QED) is 0.0974. The van der Waals surface area contributed by atoms with Gasteiger partial charge in [0.15, 0.2) is 0 Å². The van der Waals surface area contributed by atoms with E-state index < -0.39 is 0 Å². The maximum absolute atomic E-state index is 11.9. The molecule has 1 amide bonds. The van der Waals surface area contributed by atoms with Gasteiger partial charge in [0, 0.05) is 18.7 Å². The first kappa shape index (κ1) is 41.2. The molecule has 14 nitrogen and oxygen atoms in total. The van der Waals surface area contributed by atoms with Gasteiger partial charge >= 0.3 is 0 Å². The van der Waals surface area contributed by atoms with Crippen LogP contribution in [0.3, 0.4) is 0 Å². The minimum absolute atomic E-state index is 0.107. The monoisotopic (exact) mass is 648 g/mol. The summed E-state index contributed by atoms with van der Waals surface area (Å²) in [5.41, 5.74) is 5.96. The Hall–Kier alpha value is -1.79. The summed E-state index contributed by atoms with van der Waals surface area (Å²) in [5.74, 6) is -0.107. The number of hydrogen-bond donors (Lipinski definition) is 2. The summed E-state index contributed by atoms with van der Waals surface area (Å²) >= 11 is 0. The zero-order valence-corrected chi connectivity index (χ0v) is 26.8. The highest BCUT2D eigenvalue weighted by Crippen LogP contribution is 1.97. The van der Waals surface area contributed by atoms with Crippen molar-refractivity contribution in [3.63, 3.8) is 0 Å². The van der Waals surface area contributed by atoms with Crippen molar-refractivity contribution in [3.8, 4) is 0 Å². The summed E-state index contributed by atoms with van der Waals surface area (Å²) in [6, 6.07) is 9.08. The third-order valence-electron chi connectivity index (χ3n) is 5.55. The number of carbonyl (C=O) groups excluding carboxylic acids is 1. The number of nitrogens with two attached hydrogens (primary N) is 1. The minimum atomic E-state index is -0.107. The van der Waals surface area contributed by atoms with Crippen LogP contribution in [0.15, 0.2) is 30.3 Å². The number of hydrogen-bond acceptors (Lipinski definition) is 13. The normalized spacial score (nSPS) is 11.3. The first-order valence-corrected chi connectivity index (χ1v) is 15.7. The number of rotatable bonds is 36. The zero-order chi connectivity index (χ0) is 32.1. The fourth-order valence-corrected chi connectivity index (χ4v) is 3.31. The van der Waals surface area contributed by atoms with E-state index in [1.54, 1.807) is 12.1 Å². The lowest BCUT2D eigenvalue weighted by Crippen LogP contribution is -2.27. The Morgan fingerprint density at radius 3 is 0.978 bits per heavy atom. The average molecular weight is 649 g/mol. The van der Waals surface area contributed by atoms with Crippen LogP contribution in [0.5, 0.6) is 0 Å². The summed E-state index contributed by atoms with van der Waals surface area (Å²) in [4.78, 5) is 11.9. The first-order valence-electron chi connectivity index (χ1n) is 15.7. The largest absolute Gasteiger partial charge is 0.378 e. The van der Waals surface area contributed by atoms with Crippen molar-refractivity contribution in [2.45, 2.75) is 0 Å². The summed E-state index contributed by atoms with van der Waals surface area (Å²) in [7, 11) is 0. The van der Waals surface area contributed by atoms with Gasteiger partial charge in [0.05, 0.1) is 145 Å². The number of nitrogens with one attached hydrogen (secondary N) is 1. The van der Waals surface area contributed by atoms with Crippen LogP contribution < -0.4 is 11.1 Å². The molecule has 0 spiro atoms. The van der Waals surface area contributed by atoms with Crippen LogP contribution in [0.25, 0.3) is 0 Å². The molecule has 0 heterocycles. The van der Waals surface area contributed by atoms with Crippen molar-refractivity contribution in [2.24, 2.45) is 5.73 Å². The predicted molar refractivity (Wildman–Crippen MR) is 167 cm³/mol. The van der Waals surface area contributed by atoms with E-state index in [0.29, 0.717) is 164 Å². The molecule has 1 rings (SSSR count). The molecule has 1 aromatic rings. The summed E-state index contributed by atoms with van der Waals surface area (Å²) in [6.45, 7) is 12.0. The van der Waals surface area contributed by atoms with Crippen LogP contribution in [0, 0.1) is 0 Å². The van der Waals surface area contributed by atoms with Crippen LogP contribution in [-0.4, -0.2) is 164 Å². The molecule has 0 aromatic heterocycles. The first-order chi connectivity index (χ1) is 22.3. The van der Waals surface area contributed by atoms with E-state index in [2.05, 4.69) is 5.32 Å². The predicted octanol–water partition coefficient (Wildman–Crippen LogP) is 0.558. The van der Waals surface area contributed by atoms with Crippen LogP contribution >= 0.6 is 0 Å². The molecule has 3 N–H and O–H groups in total. The molecule has 0 aliphatic rings. The van der Waals surface area contributed by atoms with Crippen molar-refractivity contribution < 1.29 is 56.9 Å². The SMILES string of the molecule is NCCOCCOCCOCCOCCOCCOCCOCCOCCOCCOCCOCCNC(=O)c1ccccc1. The highest BCUT2D eigenvalue weighted by molar-refractivity contribution is 5.94. The van der Waals surface area contributed by atoms with Gasteiger partial charge in [-0.1, -0.05) is 18.2 Å². The highest BCUT2D eigenvalue weighted by Gasteiger charge is 2.02. The summed E-state index contributed by atoms with van der Waals surface area (Å²) < 4.78 is 59.7. The molecule has 0 aliphatic heterocycles. The second kappa shape index (κ2) is 35.1. The fourth-order valence-electron chi connectivity index (χ4n) is 3.31. The Kier molecular flexibility index (Phi) is 32.1. The van der Waals surface area contributed by atoms with Gasteiger partial charge in [0.1, 0.15) is 0 Å². The standard InChI is InChI=1S/C31H56N2O12/c32-6-8-35-10-12-37-14-16-39-18-20-41-22-24-43-26-28-45-29-27-44-25-23-42-21-19-40-17-15-38-13-11-36-9-7-33-31(34)30-4-2-1-3-5-30/h1-5H,6-29,32H2,(H,33,34). The fraction of sp³-hybridized carbons (Fsp3) is 0.774. The highest BCUT2D eigenvalue weighted by atomic mass is 16.6. The Morgan fingerprint density at radius 1 is 0.422 bits per heavy atom. The van der Waals surface area contributed by atoms with Gasteiger partial charge in [-0.15, -0.1) is 0 Å². The van der Waals surface area contributed by atoms with E-state index in [-0.39, 0.29) is 5.91 Å². The Labute approximate surface area is 268 Å². The molecular weight excluding hydrogens is 592 g/mol. The van der Waals surface area contributed by atoms with Gasteiger partial charge in [-0.25, -0.2) is 0 Å². The smallest absolute Gasteiger partial charge is 0.251 e. The van der Waals surface area contributed by atoms with E-state index in [0.717, 1.165) is 0 Å². The lowest BCUT2D eigenvalue weighted by Gasteiger charge is -2.09. The summed E-state index contributed by atoms with van der Waals surface area (Å²) in [5, 5.41) is 2.81. The molecule has 0 saturated heterocycles. The van der Waals surface area contributed by atoms with E-state index >= 15 is 0 Å². The molecule has 0 saturated carbocycles. The second-order valence-corrected chi connectivity index (χ2v) is 9.15. The summed E-state index contributed by atoms with van der Waals surface area (Å²) in [6.07, 6.45) is 0. The van der Waals surface area contributed by atoms with E-state index in [9.17, 15) is 4.79 Å². The van der Waals surface area contributed by atoms with Crippen LogP contribution in [0.4, 0.5) is 0 Å². The third kappa shape index (κ3) is 30.6. The molecule has 0 fully saturated rings. The lowest BCUT2D eigenvalue weighted by atomic mass is 10.2. The van der Waals surface area contributed by atoms with E-state index in [1.807, 2.05) is 18.2 Å². The maximum Gasteiger partial charge on any atom is 0.251 e. The molecule has 14 heteroatoms. The van der Waals surface area contributed by atoms with Crippen molar-refractivity contribution in [2.75, 3.05) is 158 Å². The molecular formula is C31H56N2O12. The van der Waals surface area contributed by atoms with Gasteiger partial charge in [-0.3, -0.25) is 4.79 Å². The Balaban J connectivity index is 1.63. The molecule has 0 radical (unpaired) electrons. The van der Waals surface area contributed by atoms with Gasteiger partial charge in [-0.2, -0.15) is 0 Å². The third-order valence-corrected chi connectivity index (χ3v) is 5.55. The average Bonchev–Trinajstić information content (AvgIpc) is 3.06. The maximum atomic E-state index is 11.9. The van der Waals surface area contributed by atoms with Gasteiger partial charge in [0.25, 0.3) is 5.91 Å². The molecule has 0 unspecified atom stereocenters. The van der Waals surface area contributed by atoms with Crippen molar-refractivity contribution in [3.05, 3.63) is 35.9 Å². The molecule has 0 atom stereocenters. The van der Waals surface area contributed by atoms with E-state index in [1.165, 1.54) is 0 Å². The van der Waals surface area contributed by atoms with Crippen molar-refractivity contribution >= 4 is 5.91 Å². The molecule has 0 aliphatic carbocycles. The van der Waals surface area contributed by atoms with Gasteiger partial charge in [0.2, 0.25) is 0 Å². The van der Waals surface area contributed by atoms with Crippen LogP contribution in [0.1, 0.15) is 10.4 Å². The number of ether oxygens (including phenoxy) is 11. The molecule has 45 heavy (non-hydrogen) atoms. The Bertz CT molecular complexity index is 736. The number of amides is 1. The van der Waals surface area contributed by atoms with Crippen LogP contribution in [-0.2, 0) is 52.1 Å². The van der Waals surface area contributed by atoms with E-state index in [4.69, 9.17) is 57.8 Å². The lowest BCUT2D eigenvalue weighted by molar-refractivity contribution is -0.0274. The topological polar surface area (TPSA) is 157 Å². The molecule has 0 bridgehead atoms. The van der Waals surface area contributed by atoms with Crippen LogP contribution in [0.2, 0.25) is 0 Å². The Morgan fingerprint density at radius 2 is 0.689 bits per heavy atom. The van der Waals surface area contributed by atoms with Gasteiger partial charge in [-0.05, 0) is 12.1 Å². The zero-order valence-electron chi connectivity index (χ0n) is 26.8. The number of carbonyl (C=O) groups is 1. The molecule has 262 valence electrons. The van der Waals surface area contributed by atoms with Crippen molar-refractivity contribution in [1.82, 2.24) is 5.32 Å². The van der Waals surface area contributed by atoms with Gasteiger partial charge < -0.3 is 63.2 Å². The van der Waals surface area contributed by atoms with Crippen molar-refractivity contribution in [1.29, 1.82) is 0 Å². The molecule has 1 aromatic carbocycles. The number of benzene rings is 1. The minimum Gasteiger partial charge on any atom is -0.378 e.